The van der Waals surface area contributed by atoms with Crippen LogP contribution in [-0.4, -0.2) is 22.6 Å². The highest BCUT2D eigenvalue weighted by atomic mass is 79.9. The largest absolute Gasteiger partial charge is 0.478 e. The van der Waals surface area contributed by atoms with Crippen molar-refractivity contribution in [3.63, 3.8) is 0 Å². The van der Waals surface area contributed by atoms with Crippen LogP contribution in [0, 0.1) is 0 Å². The van der Waals surface area contributed by atoms with Crippen LogP contribution in [0.25, 0.3) is 21.5 Å². The summed E-state index contributed by atoms with van der Waals surface area (Å²) < 4.78 is 1.07. The third-order valence-corrected chi connectivity index (χ3v) is 5.49. The predicted molar refractivity (Wildman–Crippen MR) is 98.3 cm³/mol. The number of aromatic nitrogens is 1. The normalized spacial score (nSPS) is 11.2. The molecule has 4 N–H and O–H groups in total. The second kappa shape index (κ2) is 6.86. The number of benzene rings is 1. The molecule has 2 aromatic heterocycles. The van der Waals surface area contributed by atoms with Crippen molar-refractivity contribution < 1.29 is 9.90 Å². The third-order valence-electron chi connectivity index (χ3n) is 3.85. The van der Waals surface area contributed by atoms with E-state index in [0.717, 1.165) is 44.5 Å². The van der Waals surface area contributed by atoms with Crippen molar-refractivity contribution in [1.29, 1.82) is 0 Å². The van der Waals surface area contributed by atoms with Gasteiger partial charge in [-0.2, -0.15) is 0 Å². The van der Waals surface area contributed by atoms with E-state index in [1.54, 1.807) is 23.5 Å². The number of H-pyrrole nitrogens is 1. The van der Waals surface area contributed by atoms with Crippen LogP contribution in [-0.2, 0) is 6.42 Å². The number of carbonyl (C=O) groups is 1. The molecule has 0 unspecified atom stereocenters. The molecule has 3 rings (SSSR count). The Bertz CT molecular complexity index is 854. The Labute approximate surface area is 146 Å². The van der Waals surface area contributed by atoms with Gasteiger partial charge in [0.2, 0.25) is 0 Å². The Hall–Kier alpha value is -1.63. The molecule has 2 heterocycles. The average Bonchev–Trinajstić information content (AvgIpc) is 3.11. The Morgan fingerprint density at radius 2 is 2.09 bits per heavy atom. The summed E-state index contributed by atoms with van der Waals surface area (Å²) in [6.07, 6.45) is 2.82. The quantitative estimate of drug-likeness (QED) is 0.534. The summed E-state index contributed by atoms with van der Waals surface area (Å²) in [5.41, 5.74) is 9.14. The van der Waals surface area contributed by atoms with E-state index >= 15 is 0 Å². The second-order valence-electron chi connectivity index (χ2n) is 5.39. The van der Waals surface area contributed by atoms with Crippen molar-refractivity contribution in [2.45, 2.75) is 19.3 Å². The lowest BCUT2D eigenvalue weighted by Crippen LogP contribution is -1.99. The van der Waals surface area contributed by atoms with E-state index in [-0.39, 0.29) is 0 Å². The van der Waals surface area contributed by atoms with Gasteiger partial charge in [0.1, 0.15) is 0 Å². The van der Waals surface area contributed by atoms with Crippen molar-refractivity contribution in [1.82, 2.24) is 4.98 Å². The number of halogens is 1. The molecule has 0 aliphatic heterocycles. The first-order chi connectivity index (χ1) is 11.1. The molecule has 0 saturated carbocycles. The first-order valence-electron chi connectivity index (χ1n) is 7.44. The minimum Gasteiger partial charge on any atom is -0.478 e. The van der Waals surface area contributed by atoms with Crippen LogP contribution < -0.4 is 5.73 Å². The molecule has 0 amide bonds. The van der Waals surface area contributed by atoms with Crippen LogP contribution in [0.3, 0.4) is 0 Å². The van der Waals surface area contributed by atoms with Gasteiger partial charge in [0.05, 0.1) is 19.9 Å². The highest BCUT2D eigenvalue weighted by Crippen LogP contribution is 2.37. The summed E-state index contributed by atoms with van der Waals surface area (Å²) in [5, 5.41) is 10.2. The van der Waals surface area contributed by atoms with Crippen molar-refractivity contribution >= 4 is 44.1 Å². The molecule has 23 heavy (non-hydrogen) atoms. The fourth-order valence-electron chi connectivity index (χ4n) is 2.75. The van der Waals surface area contributed by atoms with Gasteiger partial charge in [-0.3, -0.25) is 0 Å². The summed E-state index contributed by atoms with van der Waals surface area (Å²) in [5.74, 6) is -0.901. The molecule has 0 saturated heterocycles. The van der Waals surface area contributed by atoms with Crippen LogP contribution in [0.1, 0.15) is 28.8 Å². The molecule has 120 valence electrons. The average molecular weight is 393 g/mol. The number of aryl methyl sites for hydroxylation is 1. The fraction of sp³-hybridized carbons (Fsp3) is 0.235. The van der Waals surface area contributed by atoms with Crippen molar-refractivity contribution in [3.8, 4) is 10.6 Å². The van der Waals surface area contributed by atoms with E-state index < -0.39 is 5.97 Å². The lowest BCUT2D eigenvalue weighted by Gasteiger charge is -2.03. The summed E-state index contributed by atoms with van der Waals surface area (Å²) in [4.78, 5) is 15.9. The number of aromatic carboxylic acids is 1. The molecule has 0 bridgehead atoms. The van der Waals surface area contributed by atoms with Gasteiger partial charge in [0, 0.05) is 10.9 Å². The Morgan fingerprint density at radius 3 is 2.74 bits per heavy atom. The van der Waals surface area contributed by atoms with Crippen LogP contribution in [0.5, 0.6) is 0 Å². The molecule has 0 aliphatic carbocycles. The van der Waals surface area contributed by atoms with Gasteiger partial charge >= 0.3 is 5.97 Å². The van der Waals surface area contributed by atoms with E-state index in [1.807, 2.05) is 12.1 Å². The van der Waals surface area contributed by atoms with Gasteiger partial charge in [0.25, 0.3) is 0 Å². The number of carboxylic acid groups (broad SMARTS) is 1. The van der Waals surface area contributed by atoms with Crippen molar-refractivity contribution in [2.75, 3.05) is 6.54 Å². The van der Waals surface area contributed by atoms with Gasteiger partial charge in [-0.05, 0) is 77.6 Å². The highest BCUT2D eigenvalue weighted by molar-refractivity contribution is 9.11. The van der Waals surface area contributed by atoms with Crippen LogP contribution in [0.2, 0.25) is 0 Å². The summed E-state index contributed by atoms with van der Waals surface area (Å²) in [6, 6.07) is 9.34. The first kappa shape index (κ1) is 16.2. The van der Waals surface area contributed by atoms with Crippen LogP contribution >= 0.6 is 27.3 Å². The summed E-state index contributed by atoms with van der Waals surface area (Å²) >= 11 is 5.17. The van der Waals surface area contributed by atoms with Crippen LogP contribution in [0.15, 0.2) is 34.1 Å². The summed E-state index contributed by atoms with van der Waals surface area (Å²) in [7, 11) is 0. The van der Waals surface area contributed by atoms with Crippen molar-refractivity contribution in [2.24, 2.45) is 5.73 Å². The minimum atomic E-state index is -0.901. The Morgan fingerprint density at radius 1 is 1.26 bits per heavy atom. The maximum atomic E-state index is 11.3. The molecular formula is C17H17BrN2O2S. The molecular weight excluding hydrogens is 376 g/mol. The molecule has 0 fully saturated rings. The SMILES string of the molecule is NCCCCc1c(-c2ccc(Br)s2)[nH]c2ccc(C(=O)O)cc12. The number of aromatic amines is 1. The van der Waals surface area contributed by atoms with E-state index in [4.69, 9.17) is 5.73 Å². The lowest BCUT2D eigenvalue weighted by atomic mass is 10.0. The van der Waals surface area contributed by atoms with Gasteiger partial charge in [-0.25, -0.2) is 4.79 Å². The van der Waals surface area contributed by atoms with Gasteiger partial charge in [-0.1, -0.05) is 0 Å². The molecule has 6 heteroatoms. The van der Waals surface area contributed by atoms with E-state index in [1.165, 1.54) is 5.56 Å². The number of unbranched alkanes of at least 4 members (excludes halogenated alkanes) is 1. The number of fused-ring (bicyclic) bond motifs is 1. The van der Waals surface area contributed by atoms with Crippen LogP contribution in [0.4, 0.5) is 0 Å². The smallest absolute Gasteiger partial charge is 0.335 e. The molecule has 0 aliphatic rings. The Kier molecular flexibility index (Phi) is 4.84. The number of hydrogen-bond acceptors (Lipinski definition) is 3. The van der Waals surface area contributed by atoms with Crippen molar-refractivity contribution in [3.05, 3.63) is 45.2 Å². The fourth-order valence-corrected chi connectivity index (χ4v) is 4.16. The van der Waals surface area contributed by atoms with Gasteiger partial charge < -0.3 is 15.8 Å². The van der Waals surface area contributed by atoms with Gasteiger partial charge in [-0.15, -0.1) is 11.3 Å². The lowest BCUT2D eigenvalue weighted by molar-refractivity contribution is 0.0697. The minimum absolute atomic E-state index is 0.315. The first-order valence-corrected chi connectivity index (χ1v) is 9.04. The number of rotatable bonds is 6. The third kappa shape index (κ3) is 3.34. The van der Waals surface area contributed by atoms with E-state index in [9.17, 15) is 9.90 Å². The molecule has 1 aromatic carbocycles. The van der Waals surface area contributed by atoms with E-state index in [0.29, 0.717) is 12.1 Å². The number of hydrogen-bond donors (Lipinski definition) is 3. The number of nitrogens with two attached hydrogens (primary N) is 1. The predicted octanol–water partition coefficient (Wildman–Crippen LogP) is 4.64. The monoisotopic (exact) mass is 392 g/mol. The molecule has 4 nitrogen and oxygen atoms in total. The standard InChI is InChI=1S/C17H17BrN2O2S/c18-15-7-6-14(23-15)16-11(3-1-2-8-19)12-9-10(17(21)22)4-5-13(12)20-16/h4-7,9,20H,1-3,8,19H2,(H,21,22). The number of carboxylic acids is 1. The maximum Gasteiger partial charge on any atom is 0.335 e. The number of thiophene rings is 1. The molecule has 0 atom stereocenters. The topological polar surface area (TPSA) is 79.1 Å². The maximum absolute atomic E-state index is 11.3. The second-order valence-corrected chi connectivity index (χ2v) is 7.86. The zero-order valence-electron chi connectivity index (χ0n) is 12.4. The Balaban J connectivity index is 2.13. The highest BCUT2D eigenvalue weighted by Gasteiger charge is 2.16. The molecule has 3 aromatic rings. The molecule has 0 radical (unpaired) electrons. The molecule has 0 spiro atoms. The summed E-state index contributed by atoms with van der Waals surface area (Å²) in [6.45, 7) is 0.669. The zero-order valence-corrected chi connectivity index (χ0v) is 14.8. The van der Waals surface area contributed by atoms with Gasteiger partial charge in [0.15, 0.2) is 0 Å². The zero-order chi connectivity index (χ0) is 16.4. The number of nitrogens with one attached hydrogen (secondary N) is 1. The van der Waals surface area contributed by atoms with E-state index in [2.05, 4.69) is 27.0 Å².